The van der Waals surface area contributed by atoms with Crippen molar-refractivity contribution in [2.75, 3.05) is 26.3 Å². The van der Waals surface area contributed by atoms with Crippen LogP contribution in [0.5, 0.6) is 0 Å². The molecule has 4 nitrogen and oxygen atoms in total. The lowest BCUT2D eigenvalue weighted by molar-refractivity contribution is 0.0246. The minimum Gasteiger partial charge on any atom is -0.379 e. The van der Waals surface area contributed by atoms with Gasteiger partial charge in [-0.15, -0.1) is 6.58 Å². The Labute approximate surface area is 90.3 Å². The van der Waals surface area contributed by atoms with Gasteiger partial charge in [0.25, 0.3) is 0 Å². The molecule has 0 bridgehead atoms. The second-order valence-corrected chi connectivity index (χ2v) is 3.62. The van der Waals surface area contributed by atoms with E-state index in [0.717, 1.165) is 26.3 Å². The third-order valence-corrected chi connectivity index (χ3v) is 2.19. The SMILES string of the molecule is C=CC(C)NC(=S)NN1CCOCC1. The zero-order valence-corrected chi connectivity index (χ0v) is 9.27. The Balaban J connectivity index is 2.21. The standard InChI is InChI=1S/C9H17N3OS/c1-3-8(2)10-9(14)11-12-4-6-13-7-5-12/h3,8H,1,4-7H2,2H3,(H2,10,11,14). The lowest BCUT2D eigenvalue weighted by atomic mass is 10.3. The van der Waals surface area contributed by atoms with Crippen LogP contribution in [0.4, 0.5) is 0 Å². The smallest absolute Gasteiger partial charge is 0.181 e. The highest BCUT2D eigenvalue weighted by Crippen LogP contribution is 1.92. The topological polar surface area (TPSA) is 36.5 Å². The maximum Gasteiger partial charge on any atom is 0.181 e. The zero-order valence-electron chi connectivity index (χ0n) is 8.45. The van der Waals surface area contributed by atoms with Crippen molar-refractivity contribution in [2.24, 2.45) is 0 Å². The molecule has 1 rings (SSSR count). The molecule has 0 amide bonds. The van der Waals surface area contributed by atoms with E-state index in [1.54, 1.807) is 0 Å². The first-order chi connectivity index (χ1) is 6.72. The van der Waals surface area contributed by atoms with Gasteiger partial charge in [0.15, 0.2) is 5.11 Å². The first-order valence-electron chi connectivity index (χ1n) is 4.75. The number of thiocarbonyl (C=S) groups is 1. The molecule has 2 N–H and O–H groups in total. The Morgan fingerprint density at radius 2 is 2.21 bits per heavy atom. The van der Waals surface area contributed by atoms with Crippen molar-refractivity contribution in [3.05, 3.63) is 12.7 Å². The first-order valence-corrected chi connectivity index (χ1v) is 5.15. The molecule has 1 unspecified atom stereocenters. The highest BCUT2D eigenvalue weighted by atomic mass is 32.1. The van der Waals surface area contributed by atoms with Crippen molar-refractivity contribution in [1.29, 1.82) is 0 Å². The summed E-state index contributed by atoms with van der Waals surface area (Å²) < 4.78 is 5.22. The van der Waals surface area contributed by atoms with Crippen LogP contribution in [0.15, 0.2) is 12.7 Å². The molecule has 14 heavy (non-hydrogen) atoms. The lowest BCUT2D eigenvalue weighted by Crippen LogP contribution is -2.52. The molecule has 0 saturated carbocycles. The highest BCUT2D eigenvalue weighted by Gasteiger charge is 2.11. The number of rotatable bonds is 3. The molecule has 0 aromatic carbocycles. The molecule has 0 aromatic heterocycles. The number of nitrogens with zero attached hydrogens (tertiary/aromatic N) is 1. The molecule has 1 fully saturated rings. The third-order valence-electron chi connectivity index (χ3n) is 1.98. The van der Waals surface area contributed by atoms with E-state index in [1.165, 1.54) is 0 Å². The van der Waals surface area contributed by atoms with Gasteiger partial charge >= 0.3 is 0 Å². The molecule has 1 aliphatic rings. The first kappa shape index (κ1) is 11.4. The van der Waals surface area contributed by atoms with E-state index in [-0.39, 0.29) is 6.04 Å². The van der Waals surface area contributed by atoms with Gasteiger partial charge in [-0.3, -0.25) is 5.43 Å². The fraction of sp³-hybridized carbons (Fsp3) is 0.667. The van der Waals surface area contributed by atoms with Crippen LogP contribution >= 0.6 is 12.2 Å². The molecule has 80 valence electrons. The normalized spacial score (nSPS) is 19.8. The summed E-state index contributed by atoms with van der Waals surface area (Å²) >= 11 is 5.12. The van der Waals surface area contributed by atoms with Crippen LogP contribution in [0.3, 0.4) is 0 Å². The molecule has 0 aromatic rings. The maximum absolute atomic E-state index is 5.22. The summed E-state index contributed by atoms with van der Waals surface area (Å²) in [6, 6.07) is 0.191. The van der Waals surface area contributed by atoms with Crippen molar-refractivity contribution in [1.82, 2.24) is 15.8 Å². The van der Waals surface area contributed by atoms with Crippen LogP contribution in [0.1, 0.15) is 6.92 Å². The average molecular weight is 215 g/mol. The Bertz CT molecular complexity index is 204. The Hall–Kier alpha value is -0.650. The van der Waals surface area contributed by atoms with Gasteiger partial charge < -0.3 is 10.1 Å². The third kappa shape index (κ3) is 4.04. The fourth-order valence-electron chi connectivity index (χ4n) is 1.12. The van der Waals surface area contributed by atoms with Gasteiger partial charge in [0.2, 0.25) is 0 Å². The Morgan fingerprint density at radius 1 is 1.57 bits per heavy atom. The summed E-state index contributed by atoms with van der Waals surface area (Å²) in [5.41, 5.74) is 3.11. The van der Waals surface area contributed by atoms with Gasteiger partial charge in [-0.1, -0.05) is 6.08 Å². The number of hydrogen-bond acceptors (Lipinski definition) is 3. The van der Waals surface area contributed by atoms with Gasteiger partial charge in [0.1, 0.15) is 0 Å². The Morgan fingerprint density at radius 3 is 2.79 bits per heavy atom. The number of morpholine rings is 1. The van der Waals surface area contributed by atoms with E-state index < -0.39 is 0 Å². The minimum atomic E-state index is 0.191. The second kappa shape index (κ2) is 5.95. The van der Waals surface area contributed by atoms with E-state index in [9.17, 15) is 0 Å². The molecule has 0 radical (unpaired) electrons. The van der Waals surface area contributed by atoms with Gasteiger partial charge in [-0.2, -0.15) is 0 Å². The van der Waals surface area contributed by atoms with E-state index in [1.807, 2.05) is 13.0 Å². The number of nitrogens with one attached hydrogen (secondary N) is 2. The van der Waals surface area contributed by atoms with Gasteiger partial charge in [-0.25, -0.2) is 5.01 Å². The summed E-state index contributed by atoms with van der Waals surface area (Å²) in [6.45, 7) is 8.92. The number of ether oxygens (including phenoxy) is 1. The molecule has 1 saturated heterocycles. The largest absolute Gasteiger partial charge is 0.379 e. The monoisotopic (exact) mass is 215 g/mol. The molecule has 1 atom stereocenters. The molecule has 1 heterocycles. The van der Waals surface area contributed by atoms with Crippen molar-refractivity contribution in [2.45, 2.75) is 13.0 Å². The fourth-order valence-corrected chi connectivity index (χ4v) is 1.43. The molecule has 0 aliphatic carbocycles. The molecule has 5 heteroatoms. The average Bonchev–Trinajstić information content (AvgIpc) is 2.19. The summed E-state index contributed by atoms with van der Waals surface area (Å²) in [5, 5.41) is 5.79. The predicted octanol–water partition coefficient (Wildman–Crippen LogP) is 0.272. The van der Waals surface area contributed by atoms with Crippen molar-refractivity contribution in [3.8, 4) is 0 Å². The van der Waals surface area contributed by atoms with Gasteiger partial charge in [0, 0.05) is 19.1 Å². The van der Waals surface area contributed by atoms with Crippen LogP contribution in [0.2, 0.25) is 0 Å². The Kier molecular flexibility index (Phi) is 4.86. The quantitative estimate of drug-likeness (QED) is 0.522. The van der Waals surface area contributed by atoms with E-state index >= 15 is 0 Å². The number of hydrogen-bond donors (Lipinski definition) is 2. The van der Waals surface area contributed by atoms with Crippen LogP contribution in [-0.4, -0.2) is 42.5 Å². The van der Waals surface area contributed by atoms with Crippen molar-refractivity contribution < 1.29 is 4.74 Å². The molecular formula is C9H17N3OS. The summed E-state index contributed by atoms with van der Waals surface area (Å²) in [4.78, 5) is 0. The van der Waals surface area contributed by atoms with Crippen LogP contribution in [0, 0.1) is 0 Å². The maximum atomic E-state index is 5.22. The predicted molar refractivity (Wildman–Crippen MR) is 60.9 cm³/mol. The van der Waals surface area contributed by atoms with Crippen LogP contribution in [-0.2, 0) is 4.74 Å². The summed E-state index contributed by atoms with van der Waals surface area (Å²) in [6.07, 6.45) is 1.81. The minimum absolute atomic E-state index is 0.191. The van der Waals surface area contributed by atoms with Gasteiger partial charge in [-0.05, 0) is 19.1 Å². The van der Waals surface area contributed by atoms with E-state index in [4.69, 9.17) is 17.0 Å². The van der Waals surface area contributed by atoms with Crippen LogP contribution in [0.25, 0.3) is 0 Å². The second-order valence-electron chi connectivity index (χ2n) is 3.21. The number of hydrazine groups is 1. The van der Waals surface area contributed by atoms with Crippen LogP contribution < -0.4 is 10.7 Å². The van der Waals surface area contributed by atoms with Gasteiger partial charge in [0.05, 0.1) is 13.2 Å². The van der Waals surface area contributed by atoms with E-state index in [2.05, 4.69) is 22.3 Å². The lowest BCUT2D eigenvalue weighted by Gasteiger charge is -2.28. The van der Waals surface area contributed by atoms with E-state index in [0.29, 0.717) is 5.11 Å². The molecular weight excluding hydrogens is 198 g/mol. The summed E-state index contributed by atoms with van der Waals surface area (Å²) in [5.74, 6) is 0. The highest BCUT2D eigenvalue weighted by molar-refractivity contribution is 7.80. The summed E-state index contributed by atoms with van der Waals surface area (Å²) in [7, 11) is 0. The molecule has 0 spiro atoms. The van der Waals surface area contributed by atoms with Crippen molar-refractivity contribution in [3.63, 3.8) is 0 Å². The molecule has 1 aliphatic heterocycles. The zero-order chi connectivity index (χ0) is 10.4. The van der Waals surface area contributed by atoms with Crippen molar-refractivity contribution >= 4 is 17.3 Å².